The number of carbonyl (C=O) groups is 1. The minimum Gasteiger partial charge on any atom is -0.352 e. The highest BCUT2D eigenvalue weighted by atomic mass is 35.5. The van der Waals surface area contributed by atoms with E-state index < -0.39 is 0 Å². The molecule has 0 aromatic carbocycles. The smallest absolute Gasteiger partial charge is 0.252 e. The van der Waals surface area contributed by atoms with Crippen LogP contribution in [0.3, 0.4) is 0 Å². The Balaban J connectivity index is 1.78. The molecule has 0 fully saturated rings. The Bertz CT molecular complexity index is 440. The van der Waals surface area contributed by atoms with Gasteiger partial charge in [0, 0.05) is 12.7 Å². The van der Waals surface area contributed by atoms with Crippen LogP contribution in [0.5, 0.6) is 0 Å². The molecule has 1 N–H and O–H groups in total. The molecule has 1 aromatic heterocycles. The van der Waals surface area contributed by atoms with E-state index in [9.17, 15) is 4.79 Å². The lowest BCUT2D eigenvalue weighted by Gasteiger charge is -2.12. The maximum atomic E-state index is 11.8. The number of pyridine rings is 1. The van der Waals surface area contributed by atoms with Crippen molar-refractivity contribution in [2.75, 3.05) is 6.54 Å². The van der Waals surface area contributed by atoms with Crippen LogP contribution in [-0.4, -0.2) is 17.4 Å². The highest BCUT2D eigenvalue weighted by molar-refractivity contribution is 6.29. The van der Waals surface area contributed by atoms with Crippen molar-refractivity contribution in [3.63, 3.8) is 0 Å². The van der Waals surface area contributed by atoms with E-state index in [1.165, 1.54) is 37.5 Å². The van der Waals surface area contributed by atoms with Gasteiger partial charge in [0.2, 0.25) is 0 Å². The predicted molar refractivity (Wildman–Crippen MR) is 72.7 cm³/mol. The van der Waals surface area contributed by atoms with Crippen molar-refractivity contribution in [1.82, 2.24) is 10.3 Å². The fourth-order valence-corrected chi connectivity index (χ4v) is 2.19. The Labute approximate surface area is 112 Å². The zero-order chi connectivity index (χ0) is 12.8. The number of hydrogen-bond acceptors (Lipinski definition) is 2. The second kappa shape index (κ2) is 6.55. The van der Waals surface area contributed by atoms with E-state index in [4.69, 9.17) is 11.6 Å². The molecule has 1 aliphatic carbocycles. The topological polar surface area (TPSA) is 42.0 Å². The third kappa shape index (κ3) is 3.84. The first-order chi connectivity index (χ1) is 8.75. The lowest BCUT2D eigenvalue weighted by molar-refractivity contribution is 0.0953. The molecule has 0 spiro atoms. The molecule has 3 nitrogen and oxygen atoms in total. The van der Waals surface area contributed by atoms with E-state index in [1.54, 1.807) is 12.1 Å². The van der Waals surface area contributed by atoms with Crippen LogP contribution in [0, 0.1) is 0 Å². The summed E-state index contributed by atoms with van der Waals surface area (Å²) in [6.45, 7) is 0.688. The fourth-order valence-electron chi connectivity index (χ4n) is 2.08. The molecule has 1 aliphatic rings. The van der Waals surface area contributed by atoms with Crippen LogP contribution in [-0.2, 0) is 0 Å². The highest BCUT2D eigenvalue weighted by Gasteiger charge is 2.07. The highest BCUT2D eigenvalue weighted by Crippen LogP contribution is 2.19. The summed E-state index contributed by atoms with van der Waals surface area (Å²) in [6, 6.07) is 3.31. The monoisotopic (exact) mass is 264 g/mol. The second-order valence-corrected chi connectivity index (χ2v) is 4.87. The molecule has 0 radical (unpaired) electrons. The number of nitrogens with zero attached hydrogens (tertiary/aromatic N) is 1. The van der Waals surface area contributed by atoms with Gasteiger partial charge in [0.05, 0.1) is 5.56 Å². The zero-order valence-electron chi connectivity index (χ0n) is 10.3. The largest absolute Gasteiger partial charge is 0.352 e. The summed E-state index contributed by atoms with van der Waals surface area (Å²) in [7, 11) is 0. The van der Waals surface area contributed by atoms with Gasteiger partial charge in [-0.05, 0) is 44.2 Å². The molecule has 1 heterocycles. The molecular weight excluding hydrogens is 248 g/mol. The first-order valence-electron chi connectivity index (χ1n) is 6.33. The molecule has 0 saturated heterocycles. The maximum absolute atomic E-state index is 11.8. The van der Waals surface area contributed by atoms with Crippen LogP contribution in [0.15, 0.2) is 30.0 Å². The van der Waals surface area contributed by atoms with Crippen molar-refractivity contribution in [2.45, 2.75) is 32.1 Å². The average molecular weight is 265 g/mol. The van der Waals surface area contributed by atoms with Crippen molar-refractivity contribution in [2.24, 2.45) is 0 Å². The maximum Gasteiger partial charge on any atom is 0.252 e. The predicted octanol–water partition coefficient (Wildman–Crippen LogP) is 3.36. The molecule has 4 heteroatoms. The quantitative estimate of drug-likeness (QED) is 0.669. The number of rotatable bonds is 4. The number of halogens is 1. The van der Waals surface area contributed by atoms with Crippen LogP contribution in [0.25, 0.3) is 0 Å². The van der Waals surface area contributed by atoms with E-state index in [-0.39, 0.29) is 5.91 Å². The van der Waals surface area contributed by atoms with Crippen molar-refractivity contribution in [3.8, 4) is 0 Å². The Morgan fingerprint density at radius 3 is 2.94 bits per heavy atom. The van der Waals surface area contributed by atoms with Gasteiger partial charge in [0.1, 0.15) is 5.15 Å². The van der Waals surface area contributed by atoms with E-state index in [0.29, 0.717) is 17.3 Å². The second-order valence-electron chi connectivity index (χ2n) is 4.48. The Hall–Kier alpha value is -1.35. The minimum absolute atomic E-state index is 0.0874. The number of hydrogen-bond donors (Lipinski definition) is 1. The average Bonchev–Trinajstić information content (AvgIpc) is 2.40. The normalized spacial score (nSPS) is 15.1. The summed E-state index contributed by atoms with van der Waals surface area (Å²) < 4.78 is 0. The lowest BCUT2D eigenvalue weighted by Crippen LogP contribution is -2.25. The van der Waals surface area contributed by atoms with Crippen molar-refractivity contribution < 1.29 is 4.79 Å². The van der Waals surface area contributed by atoms with Crippen LogP contribution in [0.4, 0.5) is 0 Å². The fraction of sp³-hybridized carbons (Fsp3) is 0.429. The number of allylic oxidation sites excluding steroid dienone is 1. The summed E-state index contributed by atoms with van der Waals surface area (Å²) in [5.41, 5.74) is 2.02. The van der Waals surface area contributed by atoms with Crippen LogP contribution in [0.2, 0.25) is 5.15 Å². The van der Waals surface area contributed by atoms with Gasteiger partial charge >= 0.3 is 0 Å². The third-order valence-electron chi connectivity index (χ3n) is 3.11. The number of aromatic nitrogens is 1. The molecule has 0 saturated carbocycles. The van der Waals surface area contributed by atoms with Crippen molar-refractivity contribution >= 4 is 17.5 Å². The van der Waals surface area contributed by atoms with Crippen molar-refractivity contribution in [1.29, 1.82) is 0 Å². The number of carbonyl (C=O) groups excluding carboxylic acids is 1. The van der Waals surface area contributed by atoms with E-state index in [0.717, 1.165) is 6.42 Å². The molecule has 0 atom stereocenters. The Kier molecular flexibility index (Phi) is 4.76. The zero-order valence-corrected chi connectivity index (χ0v) is 11.0. The third-order valence-corrected chi connectivity index (χ3v) is 3.33. The summed E-state index contributed by atoms with van der Waals surface area (Å²) in [5.74, 6) is -0.0874. The number of amides is 1. The van der Waals surface area contributed by atoms with Gasteiger partial charge in [-0.1, -0.05) is 23.3 Å². The van der Waals surface area contributed by atoms with Gasteiger partial charge in [-0.3, -0.25) is 4.79 Å². The molecule has 0 aliphatic heterocycles. The molecule has 1 amide bonds. The van der Waals surface area contributed by atoms with Gasteiger partial charge < -0.3 is 5.32 Å². The Morgan fingerprint density at radius 1 is 1.39 bits per heavy atom. The van der Waals surface area contributed by atoms with Gasteiger partial charge in [0.15, 0.2) is 0 Å². The van der Waals surface area contributed by atoms with Gasteiger partial charge in [-0.15, -0.1) is 0 Å². The Morgan fingerprint density at radius 2 is 2.28 bits per heavy atom. The summed E-state index contributed by atoms with van der Waals surface area (Å²) in [4.78, 5) is 15.7. The number of nitrogens with one attached hydrogen (secondary N) is 1. The van der Waals surface area contributed by atoms with Gasteiger partial charge in [-0.25, -0.2) is 4.98 Å². The molecule has 1 aromatic rings. The molecular formula is C14H17ClN2O. The van der Waals surface area contributed by atoms with E-state index in [2.05, 4.69) is 16.4 Å². The summed E-state index contributed by atoms with van der Waals surface area (Å²) in [5, 5.41) is 3.30. The molecule has 2 rings (SSSR count). The SMILES string of the molecule is O=C(NCCC1=CCCCC1)c1ccc(Cl)nc1. The summed E-state index contributed by atoms with van der Waals surface area (Å²) in [6.07, 6.45) is 9.69. The molecule has 18 heavy (non-hydrogen) atoms. The van der Waals surface area contributed by atoms with Gasteiger partial charge in [-0.2, -0.15) is 0 Å². The first-order valence-corrected chi connectivity index (χ1v) is 6.71. The molecule has 0 bridgehead atoms. The lowest BCUT2D eigenvalue weighted by atomic mass is 9.97. The standard InChI is InChI=1S/C14H17ClN2O/c15-13-7-6-12(10-17-13)14(18)16-9-8-11-4-2-1-3-5-11/h4,6-7,10H,1-3,5,8-9H2,(H,16,18). The molecule has 0 unspecified atom stereocenters. The van der Waals surface area contributed by atoms with Gasteiger partial charge in [0.25, 0.3) is 5.91 Å². The van der Waals surface area contributed by atoms with Crippen LogP contribution in [0.1, 0.15) is 42.5 Å². The van der Waals surface area contributed by atoms with Crippen molar-refractivity contribution in [3.05, 3.63) is 40.7 Å². The van der Waals surface area contributed by atoms with E-state index in [1.807, 2.05) is 0 Å². The molecule has 96 valence electrons. The van der Waals surface area contributed by atoms with Crippen LogP contribution < -0.4 is 5.32 Å². The minimum atomic E-state index is -0.0874. The summed E-state index contributed by atoms with van der Waals surface area (Å²) >= 11 is 5.67. The van der Waals surface area contributed by atoms with Crippen LogP contribution >= 0.6 is 11.6 Å². The first kappa shape index (κ1) is 13.1. The van der Waals surface area contributed by atoms with E-state index >= 15 is 0 Å².